The van der Waals surface area contributed by atoms with Crippen LogP contribution in [0, 0.1) is 13.8 Å². The van der Waals surface area contributed by atoms with Gasteiger partial charge in [0, 0.05) is 33.9 Å². The van der Waals surface area contributed by atoms with Crippen molar-refractivity contribution >= 4 is 28.6 Å². The molecule has 0 aliphatic heterocycles. The second kappa shape index (κ2) is 7.25. The van der Waals surface area contributed by atoms with E-state index in [1.54, 1.807) is 11.3 Å². The fourth-order valence-electron chi connectivity index (χ4n) is 2.93. The maximum Gasteiger partial charge on any atom is 0.256 e. The van der Waals surface area contributed by atoms with Gasteiger partial charge in [-0.15, -0.1) is 11.3 Å². The number of aryl methyl sites for hydroxylation is 2. The van der Waals surface area contributed by atoms with Crippen molar-refractivity contribution in [1.82, 2.24) is 9.38 Å². The van der Waals surface area contributed by atoms with E-state index < -0.39 is 0 Å². The third-order valence-corrected chi connectivity index (χ3v) is 5.14. The van der Waals surface area contributed by atoms with Crippen LogP contribution in [0.3, 0.4) is 0 Å². The lowest BCUT2D eigenvalue weighted by atomic mass is 10.2. The number of ether oxygens (including phenoxy) is 1. The molecule has 0 spiro atoms. The molecular weight excluding hydrogens is 358 g/mol. The van der Waals surface area contributed by atoms with Crippen molar-refractivity contribution in [2.75, 3.05) is 5.32 Å². The molecule has 0 aliphatic carbocycles. The molecule has 6 heteroatoms. The number of hydrogen-bond acceptors (Lipinski definition) is 4. The van der Waals surface area contributed by atoms with E-state index in [-0.39, 0.29) is 5.91 Å². The normalized spacial score (nSPS) is 10.9. The van der Waals surface area contributed by atoms with Crippen molar-refractivity contribution in [2.24, 2.45) is 0 Å². The van der Waals surface area contributed by atoms with Gasteiger partial charge in [-0.2, -0.15) is 0 Å². The van der Waals surface area contributed by atoms with E-state index in [1.165, 1.54) is 0 Å². The summed E-state index contributed by atoms with van der Waals surface area (Å²) in [5.74, 6) is 0.581. The Hall–Kier alpha value is -3.12. The molecule has 0 unspecified atom stereocenters. The molecule has 3 aromatic heterocycles. The Morgan fingerprint density at radius 1 is 1.19 bits per heavy atom. The topological polar surface area (TPSA) is 55.6 Å². The summed E-state index contributed by atoms with van der Waals surface area (Å²) < 4.78 is 7.81. The minimum Gasteiger partial charge on any atom is -0.487 e. The van der Waals surface area contributed by atoms with E-state index in [0.717, 1.165) is 21.1 Å². The first kappa shape index (κ1) is 17.3. The average Bonchev–Trinajstić information content (AvgIpc) is 3.22. The van der Waals surface area contributed by atoms with Crippen molar-refractivity contribution < 1.29 is 9.53 Å². The van der Waals surface area contributed by atoms with E-state index in [0.29, 0.717) is 23.6 Å². The van der Waals surface area contributed by atoms with Gasteiger partial charge in [-0.1, -0.05) is 12.1 Å². The number of benzene rings is 1. The zero-order valence-corrected chi connectivity index (χ0v) is 15.9. The first-order chi connectivity index (χ1) is 13.1. The van der Waals surface area contributed by atoms with Crippen LogP contribution < -0.4 is 10.1 Å². The van der Waals surface area contributed by atoms with Crippen LogP contribution in [0.2, 0.25) is 0 Å². The highest BCUT2D eigenvalue weighted by molar-refractivity contribution is 7.12. The number of imidazole rings is 1. The number of aromatic nitrogens is 2. The quantitative estimate of drug-likeness (QED) is 0.541. The number of amides is 1. The van der Waals surface area contributed by atoms with Crippen LogP contribution in [0.1, 0.15) is 25.8 Å². The number of rotatable bonds is 5. The summed E-state index contributed by atoms with van der Waals surface area (Å²) in [5.41, 5.74) is 3.16. The van der Waals surface area contributed by atoms with E-state index >= 15 is 0 Å². The smallest absolute Gasteiger partial charge is 0.256 e. The van der Waals surface area contributed by atoms with Crippen LogP contribution in [-0.2, 0) is 6.61 Å². The average molecular weight is 377 g/mol. The molecule has 1 amide bonds. The number of fused-ring (bicyclic) bond motifs is 1. The number of hydrogen-bond donors (Lipinski definition) is 1. The highest BCUT2D eigenvalue weighted by Gasteiger charge is 2.12. The van der Waals surface area contributed by atoms with Crippen molar-refractivity contribution in [1.29, 1.82) is 0 Å². The van der Waals surface area contributed by atoms with Crippen molar-refractivity contribution in [2.45, 2.75) is 20.5 Å². The Morgan fingerprint density at radius 3 is 2.85 bits per heavy atom. The molecule has 1 aromatic carbocycles. The fraction of sp³-hybridized carbons (Fsp3) is 0.143. The third kappa shape index (κ3) is 3.85. The third-order valence-electron chi connectivity index (χ3n) is 4.18. The van der Waals surface area contributed by atoms with Crippen LogP contribution in [0.25, 0.3) is 5.65 Å². The molecule has 0 saturated carbocycles. The number of carbonyl (C=O) groups is 1. The molecule has 1 N–H and O–H groups in total. The second-order valence-corrected chi connectivity index (χ2v) is 7.76. The number of pyridine rings is 1. The van der Waals surface area contributed by atoms with Crippen molar-refractivity contribution in [3.63, 3.8) is 0 Å². The molecule has 4 aromatic rings. The molecule has 3 heterocycles. The van der Waals surface area contributed by atoms with Gasteiger partial charge in [0.2, 0.25) is 0 Å². The van der Waals surface area contributed by atoms with Gasteiger partial charge >= 0.3 is 0 Å². The van der Waals surface area contributed by atoms with Gasteiger partial charge < -0.3 is 14.5 Å². The van der Waals surface area contributed by atoms with Crippen LogP contribution in [0.15, 0.2) is 60.9 Å². The Morgan fingerprint density at radius 2 is 2.07 bits per heavy atom. The molecule has 0 saturated heterocycles. The highest BCUT2D eigenvalue weighted by Crippen LogP contribution is 2.23. The van der Waals surface area contributed by atoms with E-state index in [1.807, 2.05) is 79.2 Å². The minimum atomic E-state index is -0.102. The summed E-state index contributed by atoms with van der Waals surface area (Å²) in [6.45, 7) is 4.32. The Labute approximate surface area is 161 Å². The summed E-state index contributed by atoms with van der Waals surface area (Å²) in [4.78, 5) is 19.1. The van der Waals surface area contributed by atoms with Crippen LogP contribution in [0.5, 0.6) is 5.75 Å². The maximum absolute atomic E-state index is 12.5. The van der Waals surface area contributed by atoms with Gasteiger partial charge in [0.15, 0.2) is 0 Å². The van der Waals surface area contributed by atoms with Gasteiger partial charge in [0.05, 0.1) is 11.3 Å². The Bertz CT molecular complexity index is 1080. The predicted molar refractivity (Wildman–Crippen MR) is 108 cm³/mol. The highest BCUT2D eigenvalue weighted by atomic mass is 32.1. The lowest BCUT2D eigenvalue weighted by molar-refractivity contribution is 0.102. The molecule has 0 bridgehead atoms. The zero-order chi connectivity index (χ0) is 18.8. The van der Waals surface area contributed by atoms with Crippen molar-refractivity contribution in [3.8, 4) is 5.75 Å². The molecule has 4 rings (SSSR count). The molecule has 0 fully saturated rings. The number of thiophene rings is 1. The summed E-state index contributed by atoms with van der Waals surface area (Å²) in [6.07, 6.45) is 3.90. The molecular formula is C21H19N3O2S. The zero-order valence-electron chi connectivity index (χ0n) is 15.1. The summed E-state index contributed by atoms with van der Waals surface area (Å²) >= 11 is 1.62. The summed E-state index contributed by atoms with van der Waals surface area (Å²) in [5, 5.41) is 2.94. The standard InChI is InChI=1S/C21H19N3O2S/c1-14-10-19(15(2)27-14)21(25)23-16-6-5-7-18(11-16)26-13-17-12-24-9-4-3-8-20(24)22-17/h3-12H,13H2,1-2H3,(H,23,25). The first-order valence-corrected chi connectivity index (χ1v) is 9.44. The summed E-state index contributed by atoms with van der Waals surface area (Å²) in [7, 11) is 0. The maximum atomic E-state index is 12.5. The predicted octanol–water partition coefficient (Wildman–Crippen LogP) is 4.84. The molecule has 27 heavy (non-hydrogen) atoms. The monoisotopic (exact) mass is 377 g/mol. The second-order valence-electron chi connectivity index (χ2n) is 6.30. The van der Waals surface area contributed by atoms with Gasteiger partial charge in [-0.25, -0.2) is 4.98 Å². The Balaban J connectivity index is 1.44. The number of nitrogens with one attached hydrogen (secondary N) is 1. The van der Waals surface area contributed by atoms with Crippen LogP contribution in [-0.4, -0.2) is 15.3 Å². The lowest BCUT2D eigenvalue weighted by Crippen LogP contribution is -2.12. The van der Waals surface area contributed by atoms with Gasteiger partial charge in [-0.05, 0) is 44.2 Å². The number of nitrogens with zero attached hydrogens (tertiary/aromatic N) is 2. The first-order valence-electron chi connectivity index (χ1n) is 8.62. The largest absolute Gasteiger partial charge is 0.487 e. The van der Waals surface area contributed by atoms with Gasteiger partial charge in [0.25, 0.3) is 5.91 Å². The molecule has 136 valence electrons. The van der Waals surface area contributed by atoms with E-state index in [2.05, 4.69) is 10.3 Å². The minimum absolute atomic E-state index is 0.102. The number of carbonyl (C=O) groups excluding carboxylic acids is 1. The van der Waals surface area contributed by atoms with E-state index in [9.17, 15) is 4.79 Å². The fourth-order valence-corrected chi connectivity index (χ4v) is 3.85. The SMILES string of the molecule is Cc1cc(C(=O)Nc2cccc(OCc3cn4ccccc4n3)c2)c(C)s1. The van der Waals surface area contributed by atoms with Crippen molar-refractivity contribution in [3.05, 3.63) is 81.9 Å². The molecule has 0 radical (unpaired) electrons. The van der Waals surface area contributed by atoms with E-state index in [4.69, 9.17) is 4.74 Å². The number of anilines is 1. The molecule has 5 nitrogen and oxygen atoms in total. The van der Waals surface area contributed by atoms with Crippen LogP contribution in [0.4, 0.5) is 5.69 Å². The lowest BCUT2D eigenvalue weighted by Gasteiger charge is -2.08. The van der Waals surface area contributed by atoms with Gasteiger partial charge in [-0.3, -0.25) is 4.79 Å². The van der Waals surface area contributed by atoms with Crippen LogP contribution >= 0.6 is 11.3 Å². The molecule has 0 atom stereocenters. The Kier molecular flexibility index (Phi) is 4.64. The summed E-state index contributed by atoms with van der Waals surface area (Å²) in [6, 6.07) is 15.2. The molecule has 0 aliphatic rings. The van der Waals surface area contributed by atoms with Gasteiger partial charge in [0.1, 0.15) is 18.0 Å².